The zero-order valence-electron chi connectivity index (χ0n) is 13.1. The van der Waals surface area contributed by atoms with Crippen molar-refractivity contribution in [1.82, 2.24) is 0 Å². The van der Waals surface area contributed by atoms with Crippen LogP contribution in [0.2, 0.25) is 0 Å². The third-order valence-corrected chi connectivity index (χ3v) is 3.33. The number of aliphatic carboxylic acids is 1. The van der Waals surface area contributed by atoms with E-state index < -0.39 is 18.0 Å². The largest absolute Gasteiger partial charge is 0.504 e. The fourth-order valence-electron chi connectivity index (χ4n) is 1.99. The van der Waals surface area contributed by atoms with E-state index in [1.54, 1.807) is 24.3 Å². The molecule has 2 aromatic carbocycles. The Kier molecular flexibility index (Phi) is 5.75. The number of carboxylic acid groups (broad SMARTS) is 1. The summed E-state index contributed by atoms with van der Waals surface area (Å²) in [5, 5.41) is 27.4. The van der Waals surface area contributed by atoms with Gasteiger partial charge in [0.1, 0.15) is 11.8 Å². The monoisotopic (exact) mass is 343 g/mol. The number of aromatic hydroxyl groups is 2. The number of hydrogen-bond acceptors (Lipinski definition) is 6. The molecule has 7 heteroatoms. The normalized spacial score (nSPS) is 12.0. The molecule has 0 radical (unpaired) electrons. The maximum absolute atomic E-state index is 11.8. The molecule has 0 aromatic heterocycles. The molecular formula is C18H17NO6. The van der Waals surface area contributed by atoms with E-state index in [0.29, 0.717) is 16.9 Å². The molecule has 0 aliphatic carbocycles. The van der Waals surface area contributed by atoms with Gasteiger partial charge in [-0.25, -0.2) is 4.79 Å². The van der Waals surface area contributed by atoms with Crippen LogP contribution < -0.4 is 10.5 Å². The number of carboxylic acids is 1. The molecule has 25 heavy (non-hydrogen) atoms. The average Bonchev–Trinajstić information content (AvgIpc) is 2.57. The molecule has 0 aliphatic heterocycles. The lowest BCUT2D eigenvalue weighted by atomic mass is 10.1. The van der Waals surface area contributed by atoms with E-state index in [2.05, 4.69) is 0 Å². The lowest BCUT2D eigenvalue weighted by Crippen LogP contribution is -2.32. The SMILES string of the molecule is N[C@@H](Cc1ccc(OC(=O)/C=C/c2ccc(O)c(O)c2)cc1)C(=O)O. The molecule has 0 spiro atoms. The summed E-state index contributed by atoms with van der Waals surface area (Å²) < 4.78 is 5.11. The summed E-state index contributed by atoms with van der Waals surface area (Å²) in [6.45, 7) is 0. The standard InChI is InChI=1S/C18H17NO6/c19-14(18(23)24)9-11-1-5-13(6-2-11)25-17(22)8-4-12-3-7-15(20)16(21)10-12/h1-8,10,14,20-21H,9,19H2,(H,23,24)/b8-4+/t14-/m0/s1. The molecule has 0 saturated carbocycles. The molecule has 1 atom stereocenters. The van der Waals surface area contributed by atoms with E-state index in [1.807, 2.05) is 0 Å². The van der Waals surface area contributed by atoms with Crippen molar-refractivity contribution in [2.45, 2.75) is 12.5 Å². The second-order valence-corrected chi connectivity index (χ2v) is 5.30. The molecular weight excluding hydrogens is 326 g/mol. The highest BCUT2D eigenvalue weighted by atomic mass is 16.5. The van der Waals surface area contributed by atoms with E-state index in [9.17, 15) is 19.8 Å². The van der Waals surface area contributed by atoms with Gasteiger partial charge in [-0.2, -0.15) is 0 Å². The Morgan fingerprint density at radius 1 is 1.08 bits per heavy atom. The van der Waals surface area contributed by atoms with Gasteiger partial charge in [0.05, 0.1) is 0 Å². The summed E-state index contributed by atoms with van der Waals surface area (Å²) in [4.78, 5) is 22.5. The Morgan fingerprint density at radius 2 is 1.76 bits per heavy atom. The number of hydrogen-bond donors (Lipinski definition) is 4. The number of phenolic OH excluding ortho intramolecular Hbond substituents is 2. The zero-order chi connectivity index (χ0) is 18.4. The van der Waals surface area contributed by atoms with Crippen molar-refractivity contribution in [3.8, 4) is 17.2 Å². The van der Waals surface area contributed by atoms with Crippen molar-refractivity contribution in [1.29, 1.82) is 0 Å². The highest BCUT2D eigenvalue weighted by molar-refractivity contribution is 5.88. The van der Waals surface area contributed by atoms with Gasteiger partial charge in [-0.15, -0.1) is 0 Å². The average molecular weight is 343 g/mol. The lowest BCUT2D eigenvalue weighted by Gasteiger charge is -2.07. The molecule has 0 bridgehead atoms. The van der Waals surface area contributed by atoms with Gasteiger partial charge in [-0.05, 0) is 47.9 Å². The van der Waals surface area contributed by atoms with Crippen molar-refractivity contribution in [2.24, 2.45) is 5.73 Å². The van der Waals surface area contributed by atoms with Crippen LogP contribution in [0.1, 0.15) is 11.1 Å². The van der Waals surface area contributed by atoms with Crippen LogP contribution in [0.5, 0.6) is 17.2 Å². The molecule has 0 saturated heterocycles. The van der Waals surface area contributed by atoms with Gasteiger partial charge in [0.25, 0.3) is 0 Å². The van der Waals surface area contributed by atoms with Crippen molar-refractivity contribution in [3.05, 3.63) is 59.7 Å². The molecule has 0 fully saturated rings. The van der Waals surface area contributed by atoms with Crippen molar-refractivity contribution in [3.63, 3.8) is 0 Å². The number of ether oxygens (including phenoxy) is 1. The fraction of sp³-hybridized carbons (Fsp3) is 0.111. The molecule has 0 amide bonds. The number of carbonyl (C=O) groups is 2. The topological polar surface area (TPSA) is 130 Å². The Labute approximate surface area is 143 Å². The lowest BCUT2D eigenvalue weighted by molar-refractivity contribution is -0.138. The van der Waals surface area contributed by atoms with Crippen molar-refractivity contribution < 1.29 is 29.6 Å². The maximum Gasteiger partial charge on any atom is 0.336 e. The number of rotatable bonds is 6. The van der Waals surface area contributed by atoms with Crippen LogP contribution in [0, 0.1) is 0 Å². The molecule has 0 unspecified atom stereocenters. The van der Waals surface area contributed by atoms with Gasteiger partial charge in [0, 0.05) is 6.08 Å². The maximum atomic E-state index is 11.8. The molecule has 0 heterocycles. The molecule has 2 rings (SSSR count). The number of esters is 1. The first-order valence-electron chi connectivity index (χ1n) is 7.34. The second-order valence-electron chi connectivity index (χ2n) is 5.30. The van der Waals surface area contributed by atoms with Crippen LogP contribution in [0.15, 0.2) is 48.5 Å². The van der Waals surface area contributed by atoms with Gasteiger partial charge in [0.2, 0.25) is 0 Å². The highest BCUT2D eigenvalue weighted by Crippen LogP contribution is 2.25. The number of phenols is 2. The fourth-order valence-corrected chi connectivity index (χ4v) is 1.99. The predicted molar refractivity (Wildman–Crippen MR) is 90.2 cm³/mol. The Bertz CT molecular complexity index is 798. The summed E-state index contributed by atoms with van der Waals surface area (Å²) in [5.74, 6) is -1.94. The summed E-state index contributed by atoms with van der Waals surface area (Å²) >= 11 is 0. The van der Waals surface area contributed by atoms with Gasteiger partial charge in [-0.3, -0.25) is 4.79 Å². The van der Waals surface area contributed by atoms with E-state index in [4.69, 9.17) is 15.6 Å². The Balaban J connectivity index is 1.94. The van der Waals surface area contributed by atoms with Crippen LogP contribution in [-0.4, -0.2) is 33.3 Å². The second kappa shape index (κ2) is 7.98. The van der Waals surface area contributed by atoms with E-state index in [-0.39, 0.29) is 17.9 Å². The molecule has 5 N–H and O–H groups in total. The smallest absolute Gasteiger partial charge is 0.336 e. The first-order valence-corrected chi connectivity index (χ1v) is 7.34. The third-order valence-electron chi connectivity index (χ3n) is 3.33. The van der Waals surface area contributed by atoms with Crippen LogP contribution >= 0.6 is 0 Å². The first kappa shape index (κ1) is 18.0. The number of nitrogens with two attached hydrogens (primary N) is 1. The minimum Gasteiger partial charge on any atom is -0.504 e. The van der Waals surface area contributed by atoms with Crippen LogP contribution in [-0.2, 0) is 16.0 Å². The third kappa shape index (κ3) is 5.36. The minimum absolute atomic E-state index is 0.174. The molecule has 130 valence electrons. The first-order chi connectivity index (χ1) is 11.8. The quantitative estimate of drug-likeness (QED) is 0.272. The number of benzene rings is 2. The molecule has 0 aliphatic rings. The van der Waals surface area contributed by atoms with Crippen LogP contribution in [0.4, 0.5) is 0 Å². The van der Waals surface area contributed by atoms with Gasteiger partial charge in [-0.1, -0.05) is 18.2 Å². The molecule has 2 aromatic rings. The Hall–Kier alpha value is -3.32. The van der Waals surface area contributed by atoms with Gasteiger partial charge in [0.15, 0.2) is 11.5 Å². The summed E-state index contributed by atoms with van der Waals surface area (Å²) in [6, 6.07) is 9.50. The highest BCUT2D eigenvalue weighted by Gasteiger charge is 2.12. The zero-order valence-corrected chi connectivity index (χ0v) is 13.1. The summed E-state index contributed by atoms with van der Waals surface area (Å²) in [7, 11) is 0. The van der Waals surface area contributed by atoms with Gasteiger partial charge >= 0.3 is 11.9 Å². The van der Waals surface area contributed by atoms with Crippen LogP contribution in [0.25, 0.3) is 6.08 Å². The number of carbonyl (C=O) groups excluding carboxylic acids is 1. The molecule has 7 nitrogen and oxygen atoms in total. The van der Waals surface area contributed by atoms with Crippen LogP contribution in [0.3, 0.4) is 0 Å². The van der Waals surface area contributed by atoms with E-state index in [0.717, 1.165) is 0 Å². The predicted octanol–water partition coefficient (Wildman–Crippen LogP) is 1.67. The Morgan fingerprint density at radius 3 is 2.36 bits per heavy atom. The van der Waals surface area contributed by atoms with Crippen molar-refractivity contribution >= 4 is 18.0 Å². The van der Waals surface area contributed by atoms with Crippen molar-refractivity contribution in [2.75, 3.05) is 0 Å². The van der Waals surface area contributed by atoms with E-state index >= 15 is 0 Å². The minimum atomic E-state index is -1.08. The summed E-state index contributed by atoms with van der Waals surface area (Å²) in [6.07, 6.45) is 2.79. The van der Waals surface area contributed by atoms with Gasteiger partial charge < -0.3 is 25.8 Å². The van der Waals surface area contributed by atoms with E-state index in [1.165, 1.54) is 30.4 Å². The summed E-state index contributed by atoms with van der Waals surface area (Å²) in [5.41, 5.74) is 6.69.